The summed E-state index contributed by atoms with van der Waals surface area (Å²) < 4.78 is 3.09. The Morgan fingerprint density at radius 1 is 0.455 bits per heavy atom. The maximum Gasteiger partial charge on any atom is 0.229 e. The Labute approximate surface area is 203 Å². The SMILES string of the molecule is CC[N+](C)(CC)CCNc1nc(NCC[N+](C)(CC)CC)nc(NCC[N+](C)(CC)CC)n1. The molecule has 0 aliphatic rings. The second-order valence-corrected chi connectivity index (χ2v) is 10.0. The normalized spacial score (nSPS) is 12.6. The molecule has 0 atom stereocenters. The highest BCUT2D eigenvalue weighted by molar-refractivity contribution is 5.42. The molecule has 33 heavy (non-hydrogen) atoms. The van der Waals surface area contributed by atoms with Crippen LogP contribution in [0.3, 0.4) is 0 Å². The molecule has 0 bridgehead atoms. The monoisotopic (exact) mass is 468 g/mol. The predicted octanol–water partition coefficient (Wildman–Crippen LogP) is 2.57. The van der Waals surface area contributed by atoms with E-state index in [4.69, 9.17) is 0 Å². The van der Waals surface area contributed by atoms with Crippen LogP contribution in [0.15, 0.2) is 0 Å². The Morgan fingerprint density at radius 2 is 0.667 bits per heavy atom. The summed E-state index contributed by atoms with van der Waals surface area (Å²) in [5.74, 6) is 1.92. The minimum absolute atomic E-state index is 0.639. The van der Waals surface area contributed by atoms with Gasteiger partial charge in [-0.15, -0.1) is 0 Å². The highest BCUT2D eigenvalue weighted by atomic mass is 15.4. The summed E-state index contributed by atoms with van der Waals surface area (Å²) in [6.07, 6.45) is 0. The van der Waals surface area contributed by atoms with E-state index in [9.17, 15) is 0 Å². The van der Waals surface area contributed by atoms with Crippen molar-refractivity contribution >= 4 is 17.8 Å². The minimum atomic E-state index is 0.639. The van der Waals surface area contributed by atoms with Crippen molar-refractivity contribution in [2.45, 2.75) is 41.5 Å². The van der Waals surface area contributed by atoms with Gasteiger partial charge in [-0.1, -0.05) is 0 Å². The third-order valence-electron chi connectivity index (χ3n) is 8.02. The van der Waals surface area contributed by atoms with Crippen LogP contribution in [0.4, 0.5) is 17.8 Å². The average molecular weight is 469 g/mol. The van der Waals surface area contributed by atoms with E-state index >= 15 is 0 Å². The molecule has 0 unspecified atom stereocenters. The van der Waals surface area contributed by atoms with Crippen molar-refractivity contribution in [3.05, 3.63) is 0 Å². The molecule has 0 radical (unpaired) electrons. The van der Waals surface area contributed by atoms with Gasteiger partial charge in [0, 0.05) is 0 Å². The number of hydrogen-bond donors (Lipinski definition) is 3. The summed E-state index contributed by atoms with van der Waals surface area (Å²) >= 11 is 0. The number of hydrogen-bond acceptors (Lipinski definition) is 6. The van der Waals surface area contributed by atoms with Gasteiger partial charge in [0.2, 0.25) is 17.8 Å². The van der Waals surface area contributed by atoms with Gasteiger partial charge in [0.15, 0.2) is 0 Å². The topological polar surface area (TPSA) is 74.8 Å². The molecule has 0 saturated carbocycles. The maximum atomic E-state index is 4.66. The van der Waals surface area contributed by atoms with E-state index in [2.05, 4.69) is 93.6 Å². The first-order chi connectivity index (χ1) is 15.6. The van der Waals surface area contributed by atoms with Gasteiger partial charge in [-0.25, -0.2) is 0 Å². The zero-order valence-electron chi connectivity index (χ0n) is 23.2. The quantitative estimate of drug-likeness (QED) is 0.288. The van der Waals surface area contributed by atoms with E-state index in [1.807, 2.05) is 0 Å². The molecule has 0 spiro atoms. The molecular formula is C24H54N9+3. The molecule has 9 heteroatoms. The first-order valence-corrected chi connectivity index (χ1v) is 13.1. The summed E-state index contributed by atoms with van der Waals surface area (Å²) in [6.45, 7) is 25.8. The summed E-state index contributed by atoms with van der Waals surface area (Å²) in [7, 11) is 6.88. The van der Waals surface area contributed by atoms with Crippen LogP contribution in [0.25, 0.3) is 0 Å². The number of nitrogens with zero attached hydrogens (tertiary/aromatic N) is 6. The number of likely N-dealkylation sites (N-methyl/N-ethyl adjacent to an activating group) is 3. The fourth-order valence-electron chi connectivity index (χ4n) is 3.55. The Morgan fingerprint density at radius 3 is 0.848 bits per heavy atom. The van der Waals surface area contributed by atoms with Gasteiger partial charge in [-0.2, -0.15) is 15.0 Å². The lowest BCUT2D eigenvalue weighted by atomic mass is 10.4. The van der Waals surface area contributed by atoms with E-state index in [-0.39, 0.29) is 0 Å². The zero-order valence-corrected chi connectivity index (χ0v) is 23.2. The Kier molecular flexibility index (Phi) is 12.3. The molecule has 0 fully saturated rings. The van der Waals surface area contributed by atoms with Crippen molar-refractivity contribution in [1.82, 2.24) is 15.0 Å². The summed E-state index contributed by atoms with van der Waals surface area (Å²) in [6, 6.07) is 0. The van der Waals surface area contributed by atoms with E-state index in [0.29, 0.717) is 17.8 Å². The molecule has 0 aliphatic heterocycles. The van der Waals surface area contributed by atoms with Crippen LogP contribution in [0, 0.1) is 0 Å². The molecule has 1 aromatic heterocycles. The highest BCUT2D eigenvalue weighted by Crippen LogP contribution is 2.11. The summed E-state index contributed by atoms with van der Waals surface area (Å²) in [4.78, 5) is 14.0. The fourth-order valence-corrected chi connectivity index (χ4v) is 3.55. The van der Waals surface area contributed by atoms with Crippen molar-refractivity contribution in [2.75, 3.05) is 116 Å². The van der Waals surface area contributed by atoms with Gasteiger partial charge in [-0.05, 0) is 41.5 Å². The molecule has 0 amide bonds. The summed E-state index contributed by atoms with van der Waals surface area (Å²) in [5.41, 5.74) is 0. The zero-order chi connectivity index (χ0) is 25.0. The third kappa shape index (κ3) is 9.98. The minimum Gasteiger partial charge on any atom is -0.348 e. The number of quaternary nitrogens is 3. The molecule has 1 heterocycles. The Bertz CT molecular complexity index is 565. The number of rotatable bonds is 18. The lowest BCUT2D eigenvalue weighted by Crippen LogP contribution is -2.47. The molecule has 1 rings (SSSR count). The number of nitrogens with one attached hydrogen (secondary N) is 3. The lowest BCUT2D eigenvalue weighted by Gasteiger charge is -2.32. The molecular weight excluding hydrogens is 414 g/mol. The molecule has 9 nitrogen and oxygen atoms in total. The standard InChI is InChI=1S/C24H54N9/c1-10-31(7,11-2)19-16-25-22-28-23(26-17-20-32(8,12-3)13-4)30-24(29-22)27-18-21-33(9,14-5)15-6/h10-21H2,1-9H3,(H3,25,26,27,28,29,30)/q+3. The van der Waals surface area contributed by atoms with Crippen LogP contribution in [-0.2, 0) is 0 Å². The van der Waals surface area contributed by atoms with Crippen molar-refractivity contribution in [1.29, 1.82) is 0 Å². The Balaban J connectivity index is 2.88. The summed E-state index contributed by atoms with van der Waals surface area (Å²) in [5, 5.41) is 10.3. The van der Waals surface area contributed by atoms with Crippen molar-refractivity contribution in [2.24, 2.45) is 0 Å². The smallest absolute Gasteiger partial charge is 0.229 e. The van der Waals surface area contributed by atoms with Crippen molar-refractivity contribution in [3.8, 4) is 0 Å². The molecule has 3 N–H and O–H groups in total. The van der Waals surface area contributed by atoms with Gasteiger partial charge in [-0.3, -0.25) is 0 Å². The maximum absolute atomic E-state index is 4.66. The first kappa shape index (κ1) is 29.3. The molecule has 1 aromatic rings. The molecule has 192 valence electrons. The number of aromatic nitrogens is 3. The Hall–Kier alpha value is -1.71. The van der Waals surface area contributed by atoms with Crippen molar-refractivity contribution < 1.29 is 13.4 Å². The van der Waals surface area contributed by atoms with Crippen LogP contribution >= 0.6 is 0 Å². The van der Waals surface area contributed by atoms with Gasteiger partial charge in [0.05, 0.1) is 99.7 Å². The molecule has 0 aromatic carbocycles. The fraction of sp³-hybridized carbons (Fsp3) is 0.875. The van der Waals surface area contributed by atoms with Gasteiger partial charge in [0.25, 0.3) is 0 Å². The van der Waals surface area contributed by atoms with Crippen LogP contribution in [0.1, 0.15) is 41.5 Å². The van der Waals surface area contributed by atoms with Crippen LogP contribution in [0.2, 0.25) is 0 Å². The third-order valence-corrected chi connectivity index (χ3v) is 8.02. The molecule has 0 aliphatic carbocycles. The van der Waals surface area contributed by atoms with Gasteiger partial charge >= 0.3 is 0 Å². The highest BCUT2D eigenvalue weighted by Gasteiger charge is 2.19. The first-order valence-electron chi connectivity index (χ1n) is 13.1. The van der Waals surface area contributed by atoms with E-state index in [1.54, 1.807) is 0 Å². The predicted molar refractivity (Wildman–Crippen MR) is 142 cm³/mol. The average Bonchev–Trinajstić information content (AvgIpc) is 2.83. The largest absolute Gasteiger partial charge is 0.348 e. The number of anilines is 3. The van der Waals surface area contributed by atoms with Crippen LogP contribution in [-0.4, -0.2) is 128 Å². The van der Waals surface area contributed by atoms with Gasteiger partial charge in [0.1, 0.15) is 0 Å². The molecule has 0 saturated heterocycles. The van der Waals surface area contributed by atoms with Crippen LogP contribution < -0.4 is 16.0 Å². The lowest BCUT2D eigenvalue weighted by molar-refractivity contribution is -0.904. The van der Waals surface area contributed by atoms with E-state index < -0.39 is 0 Å². The van der Waals surface area contributed by atoms with Crippen molar-refractivity contribution in [3.63, 3.8) is 0 Å². The van der Waals surface area contributed by atoms with E-state index in [0.717, 1.165) is 92.0 Å². The second-order valence-electron chi connectivity index (χ2n) is 10.0. The van der Waals surface area contributed by atoms with E-state index in [1.165, 1.54) is 0 Å². The van der Waals surface area contributed by atoms with Gasteiger partial charge < -0.3 is 29.4 Å². The second kappa shape index (κ2) is 13.9. The van der Waals surface area contributed by atoms with Crippen LogP contribution in [0.5, 0.6) is 0 Å².